The van der Waals surface area contributed by atoms with Crippen molar-refractivity contribution in [3.63, 3.8) is 0 Å². The third-order valence-electron chi connectivity index (χ3n) is 4.67. The third kappa shape index (κ3) is 6.07. The van der Waals surface area contributed by atoms with E-state index in [9.17, 15) is 13.2 Å². The average Bonchev–Trinajstić information content (AvgIpc) is 2.66. The molecule has 7 heteroatoms. The smallest absolute Gasteiger partial charge is 0.243 e. The highest BCUT2D eigenvalue weighted by molar-refractivity contribution is 7.89. The van der Waals surface area contributed by atoms with Crippen LogP contribution in [0.15, 0.2) is 29.2 Å². The first-order valence-corrected chi connectivity index (χ1v) is 11.0. The van der Waals surface area contributed by atoms with Crippen LogP contribution in [-0.4, -0.2) is 50.9 Å². The van der Waals surface area contributed by atoms with Crippen LogP contribution >= 0.6 is 0 Å². The van der Waals surface area contributed by atoms with Crippen molar-refractivity contribution in [1.29, 1.82) is 0 Å². The number of benzene rings is 1. The molecule has 0 unspecified atom stereocenters. The molecule has 1 atom stereocenters. The molecule has 1 fully saturated rings. The van der Waals surface area contributed by atoms with Gasteiger partial charge in [0.15, 0.2) is 0 Å². The Bertz CT molecular complexity index is 668. The fraction of sp³-hybridized carbons (Fsp3) is 0.632. The van der Waals surface area contributed by atoms with Gasteiger partial charge >= 0.3 is 0 Å². The van der Waals surface area contributed by atoms with Crippen molar-refractivity contribution in [2.75, 3.05) is 26.2 Å². The molecule has 0 bridgehead atoms. The number of nitrogens with one attached hydrogen (secondary N) is 2. The molecule has 0 radical (unpaired) electrons. The zero-order chi connectivity index (χ0) is 19.0. The van der Waals surface area contributed by atoms with Gasteiger partial charge in [0, 0.05) is 32.1 Å². The minimum atomic E-state index is -3.39. The van der Waals surface area contributed by atoms with Crippen LogP contribution in [0, 0.1) is 0 Å². The van der Waals surface area contributed by atoms with E-state index in [4.69, 9.17) is 0 Å². The average molecular weight is 382 g/mol. The summed E-state index contributed by atoms with van der Waals surface area (Å²) >= 11 is 0. The first kappa shape index (κ1) is 20.9. The Hall–Kier alpha value is -1.44. The number of aryl methyl sites for hydroxylation is 1. The Morgan fingerprint density at radius 2 is 1.81 bits per heavy atom. The lowest BCUT2D eigenvalue weighted by Gasteiger charge is -2.25. The lowest BCUT2D eigenvalue weighted by Crippen LogP contribution is -2.38. The van der Waals surface area contributed by atoms with E-state index in [1.165, 1.54) is 0 Å². The van der Waals surface area contributed by atoms with Crippen LogP contribution in [-0.2, 0) is 21.2 Å². The van der Waals surface area contributed by atoms with E-state index in [0.717, 1.165) is 31.4 Å². The summed E-state index contributed by atoms with van der Waals surface area (Å²) in [6.07, 6.45) is 3.96. The van der Waals surface area contributed by atoms with E-state index < -0.39 is 10.0 Å². The molecular formula is C19H31N3O3S. The lowest BCUT2D eigenvalue weighted by molar-refractivity contribution is -0.121. The number of hydrogen-bond donors (Lipinski definition) is 2. The number of carbonyl (C=O) groups excluding carboxylic acids is 1. The second kappa shape index (κ2) is 10.0. The fourth-order valence-electron chi connectivity index (χ4n) is 3.12. The van der Waals surface area contributed by atoms with Gasteiger partial charge in [0.05, 0.1) is 4.90 Å². The van der Waals surface area contributed by atoms with Gasteiger partial charge in [0.25, 0.3) is 0 Å². The number of nitrogens with zero attached hydrogens (tertiary/aromatic N) is 1. The van der Waals surface area contributed by atoms with Gasteiger partial charge in [0.2, 0.25) is 15.9 Å². The van der Waals surface area contributed by atoms with E-state index in [0.29, 0.717) is 37.4 Å². The molecule has 26 heavy (non-hydrogen) atoms. The molecule has 1 amide bonds. The highest BCUT2D eigenvalue weighted by Gasteiger charge is 2.25. The zero-order valence-electron chi connectivity index (χ0n) is 15.8. The molecular weight excluding hydrogens is 350 g/mol. The molecule has 6 nitrogen and oxygen atoms in total. The maximum atomic E-state index is 12.6. The van der Waals surface area contributed by atoms with Crippen molar-refractivity contribution in [3.05, 3.63) is 29.8 Å². The minimum Gasteiger partial charge on any atom is -0.355 e. The third-order valence-corrected chi connectivity index (χ3v) is 6.59. The summed E-state index contributed by atoms with van der Waals surface area (Å²) in [5.41, 5.74) is 0.970. The maximum Gasteiger partial charge on any atom is 0.243 e. The lowest BCUT2D eigenvalue weighted by atomic mass is 10.1. The van der Waals surface area contributed by atoms with Crippen molar-refractivity contribution in [2.24, 2.45) is 0 Å². The van der Waals surface area contributed by atoms with Crippen LogP contribution in [0.4, 0.5) is 0 Å². The largest absolute Gasteiger partial charge is 0.355 e. The first-order chi connectivity index (χ1) is 12.4. The molecule has 1 aromatic rings. The first-order valence-electron chi connectivity index (χ1n) is 9.52. The molecule has 1 saturated heterocycles. The number of piperidine rings is 1. The molecule has 1 aromatic carbocycles. The van der Waals surface area contributed by atoms with E-state index in [-0.39, 0.29) is 11.9 Å². The standard InChI is InChI=1S/C19H31N3O3S/c1-3-20-16(2)15-21-19(23)12-9-17-7-10-18(11-8-17)26(24,25)22-13-5-4-6-14-22/h7-8,10-11,16,20H,3-6,9,12-15H2,1-2H3,(H,21,23)/t16-/m1/s1. The number of amides is 1. The Labute approximate surface area is 157 Å². The van der Waals surface area contributed by atoms with Crippen LogP contribution in [0.3, 0.4) is 0 Å². The molecule has 146 valence electrons. The Morgan fingerprint density at radius 3 is 2.42 bits per heavy atom. The van der Waals surface area contributed by atoms with Crippen molar-refractivity contribution in [1.82, 2.24) is 14.9 Å². The summed E-state index contributed by atoms with van der Waals surface area (Å²) in [6, 6.07) is 7.19. The predicted octanol–water partition coefficient (Wildman–Crippen LogP) is 1.91. The minimum absolute atomic E-state index is 0.0137. The van der Waals surface area contributed by atoms with Gasteiger partial charge < -0.3 is 10.6 Å². The summed E-state index contributed by atoms with van der Waals surface area (Å²) in [6.45, 7) is 6.77. The normalized spacial score (nSPS) is 17.0. The molecule has 2 N–H and O–H groups in total. The fourth-order valence-corrected chi connectivity index (χ4v) is 4.63. The Morgan fingerprint density at radius 1 is 1.15 bits per heavy atom. The molecule has 1 aliphatic rings. The highest BCUT2D eigenvalue weighted by Crippen LogP contribution is 2.21. The van der Waals surface area contributed by atoms with Crippen LogP contribution in [0.1, 0.15) is 45.1 Å². The number of carbonyl (C=O) groups is 1. The second-order valence-electron chi connectivity index (χ2n) is 6.87. The van der Waals surface area contributed by atoms with E-state index in [1.54, 1.807) is 16.4 Å². The Balaban J connectivity index is 1.84. The summed E-state index contributed by atoms with van der Waals surface area (Å²) in [5.74, 6) is 0.0137. The van der Waals surface area contributed by atoms with Gasteiger partial charge in [0.1, 0.15) is 0 Å². The van der Waals surface area contributed by atoms with Crippen molar-refractivity contribution < 1.29 is 13.2 Å². The van der Waals surface area contributed by atoms with Crippen LogP contribution < -0.4 is 10.6 Å². The molecule has 1 aliphatic heterocycles. The number of likely N-dealkylation sites (N-methyl/N-ethyl adjacent to an activating group) is 1. The van der Waals surface area contributed by atoms with Gasteiger partial charge in [-0.25, -0.2) is 8.42 Å². The number of rotatable bonds is 9. The van der Waals surface area contributed by atoms with Gasteiger partial charge in [-0.1, -0.05) is 25.5 Å². The van der Waals surface area contributed by atoms with Crippen molar-refractivity contribution in [2.45, 2.75) is 56.9 Å². The van der Waals surface area contributed by atoms with Gasteiger partial charge in [-0.3, -0.25) is 4.79 Å². The summed E-state index contributed by atoms with van der Waals surface area (Å²) in [5, 5.41) is 6.16. The quantitative estimate of drug-likeness (QED) is 0.685. The highest BCUT2D eigenvalue weighted by atomic mass is 32.2. The number of hydrogen-bond acceptors (Lipinski definition) is 4. The van der Waals surface area contributed by atoms with E-state index in [2.05, 4.69) is 10.6 Å². The van der Waals surface area contributed by atoms with Crippen LogP contribution in [0.2, 0.25) is 0 Å². The maximum absolute atomic E-state index is 12.6. The number of sulfonamides is 1. The Kier molecular flexibility index (Phi) is 8.06. The van der Waals surface area contributed by atoms with Gasteiger partial charge in [-0.2, -0.15) is 4.31 Å². The molecule has 2 rings (SSSR count). The second-order valence-corrected chi connectivity index (χ2v) is 8.81. The predicted molar refractivity (Wildman–Crippen MR) is 104 cm³/mol. The summed E-state index contributed by atoms with van der Waals surface area (Å²) in [7, 11) is -3.39. The monoisotopic (exact) mass is 381 g/mol. The van der Waals surface area contributed by atoms with Gasteiger partial charge in [-0.15, -0.1) is 0 Å². The van der Waals surface area contributed by atoms with Crippen molar-refractivity contribution >= 4 is 15.9 Å². The molecule has 0 aliphatic carbocycles. The summed E-state index contributed by atoms with van der Waals surface area (Å²) < 4.78 is 26.8. The topological polar surface area (TPSA) is 78.5 Å². The van der Waals surface area contributed by atoms with Crippen LogP contribution in [0.5, 0.6) is 0 Å². The molecule has 1 heterocycles. The zero-order valence-corrected chi connectivity index (χ0v) is 16.6. The molecule has 0 saturated carbocycles. The van der Waals surface area contributed by atoms with Crippen LogP contribution in [0.25, 0.3) is 0 Å². The van der Waals surface area contributed by atoms with E-state index >= 15 is 0 Å². The summed E-state index contributed by atoms with van der Waals surface area (Å²) in [4.78, 5) is 12.3. The van der Waals surface area contributed by atoms with Gasteiger partial charge in [-0.05, 0) is 50.4 Å². The SMILES string of the molecule is CCN[C@H](C)CNC(=O)CCc1ccc(S(=O)(=O)N2CCCCC2)cc1. The molecule has 0 spiro atoms. The van der Waals surface area contributed by atoms with Crippen molar-refractivity contribution in [3.8, 4) is 0 Å². The molecule has 0 aromatic heterocycles. The van der Waals surface area contributed by atoms with E-state index in [1.807, 2.05) is 26.0 Å².